The van der Waals surface area contributed by atoms with E-state index in [1.165, 1.54) is 33.9 Å². The van der Waals surface area contributed by atoms with Gasteiger partial charge in [-0.3, -0.25) is 18.8 Å². The number of aryl methyl sites for hydroxylation is 1. The van der Waals surface area contributed by atoms with Gasteiger partial charge in [0.2, 0.25) is 5.91 Å². The minimum atomic E-state index is -0.319. The van der Waals surface area contributed by atoms with E-state index in [0.717, 1.165) is 5.56 Å². The molecular weight excluding hydrogens is 337 g/mol. The predicted octanol–water partition coefficient (Wildman–Crippen LogP) is 1.88. The van der Waals surface area contributed by atoms with Gasteiger partial charge in [-0.15, -0.1) is 0 Å². The van der Waals surface area contributed by atoms with Crippen LogP contribution in [0, 0.1) is 5.82 Å². The van der Waals surface area contributed by atoms with Crippen LogP contribution in [-0.4, -0.2) is 37.2 Å². The molecule has 0 unspecified atom stereocenters. The molecule has 0 saturated heterocycles. The van der Waals surface area contributed by atoms with E-state index in [1.54, 1.807) is 31.1 Å². The first kappa shape index (κ1) is 17.8. The van der Waals surface area contributed by atoms with Crippen molar-refractivity contribution in [1.82, 2.24) is 24.2 Å². The van der Waals surface area contributed by atoms with Crippen molar-refractivity contribution in [3.8, 4) is 0 Å². The molecule has 3 rings (SSSR count). The van der Waals surface area contributed by atoms with Gasteiger partial charge >= 0.3 is 0 Å². The topological polar surface area (TPSA) is 73.0 Å². The summed E-state index contributed by atoms with van der Waals surface area (Å²) in [5.41, 5.74) is 1.02. The summed E-state index contributed by atoms with van der Waals surface area (Å²) in [6.07, 6.45) is 3.47. The molecule has 2 heterocycles. The number of aromatic nitrogens is 4. The number of carbonyl (C=O) groups is 1. The number of carbonyl (C=O) groups excluding carboxylic acids is 1. The van der Waals surface area contributed by atoms with Crippen LogP contribution in [0.4, 0.5) is 4.39 Å². The van der Waals surface area contributed by atoms with Gasteiger partial charge in [0.15, 0.2) is 5.65 Å². The summed E-state index contributed by atoms with van der Waals surface area (Å²) in [6, 6.07) is 5.89. The predicted molar refractivity (Wildman–Crippen MR) is 95.0 cm³/mol. The number of rotatable bonds is 5. The summed E-state index contributed by atoms with van der Waals surface area (Å²) < 4.78 is 15.9. The second kappa shape index (κ2) is 7.07. The number of halogens is 1. The Kier molecular flexibility index (Phi) is 4.83. The third-order valence-corrected chi connectivity index (χ3v) is 4.53. The van der Waals surface area contributed by atoms with Crippen LogP contribution in [0.25, 0.3) is 11.0 Å². The fourth-order valence-corrected chi connectivity index (χ4v) is 3.03. The Morgan fingerprint density at radius 3 is 2.65 bits per heavy atom. The lowest BCUT2D eigenvalue weighted by atomic mass is 10.0. The molecule has 1 aromatic carbocycles. The first-order chi connectivity index (χ1) is 12.4. The molecule has 0 aliphatic heterocycles. The Labute approximate surface area is 149 Å². The number of hydrogen-bond acceptors (Lipinski definition) is 4. The molecule has 0 N–H and O–H groups in total. The first-order valence-electron chi connectivity index (χ1n) is 8.30. The molecule has 1 atom stereocenters. The molecule has 136 valence electrons. The molecule has 3 aromatic rings. The highest BCUT2D eigenvalue weighted by Crippen LogP contribution is 2.23. The van der Waals surface area contributed by atoms with Crippen LogP contribution in [0.3, 0.4) is 0 Å². The Morgan fingerprint density at radius 1 is 1.31 bits per heavy atom. The summed E-state index contributed by atoms with van der Waals surface area (Å²) in [6.45, 7) is 1.83. The van der Waals surface area contributed by atoms with E-state index in [4.69, 9.17) is 0 Å². The van der Waals surface area contributed by atoms with E-state index < -0.39 is 0 Å². The average Bonchev–Trinajstić information content (AvgIpc) is 3.01. The summed E-state index contributed by atoms with van der Waals surface area (Å²) >= 11 is 0. The zero-order chi connectivity index (χ0) is 18.8. The first-order valence-corrected chi connectivity index (χ1v) is 8.30. The SMILES string of the molecule is CC[C@@H](c1ccc(F)cc1)N(C)C(=O)Cn1cnc2c(cnn2C)c1=O. The van der Waals surface area contributed by atoms with Gasteiger partial charge in [0, 0.05) is 14.1 Å². The van der Waals surface area contributed by atoms with Crippen LogP contribution >= 0.6 is 0 Å². The monoisotopic (exact) mass is 357 g/mol. The standard InChI is InChI=1S/C18H20FN5O2/c1-4-15(12-5-7-13(19)8-6-12)22(2)16(25)10-24-11-20-17-14(18(24)26)9-21-23(17)3/h5-9,11,15H,4,10H2,1-3H3/t15-/m0/s1. The van der Waals surface area contributed by atoms with E-state index in [1.807, 2.05) is 6.92 Å². The summed E-state index contributed by atoms with van der Waals surface area (Å²) in [5, 5.41) is 4.39. The van der Waals surface area contributed by atoms with Gasteiger partial charge in [-0.2, -0.15) is 5.10 Å². The molecule has 26 heavy (non-hydrogen) atoms. The highest BCUT2D eigenvalue weighted by molar-refractivity contribution is 5.77. The van der Waals surface area contributed by atoms with Crippen molar-refractivity contribution in [3.05, 3.63) is 58.5 Å². The van der Waals surface area contributed by atoms with E-state index in [-0.39, 0.29) is 29.9 Å². The fraction of sp³-hybridized carbons (Fsp3) is 0.333. The van der Waals surface area contributed by atoms with Crippen LogP contribution in [0.15, 0.2) is 41.6 Å². The Hall–Kier alpha value is -3.03. The van der Waals surface area contributed by atoms with Crippen molar-refractivity contribution in [2.45, 2.75) is 25.9 Å². The smallest absolute Gasteiger partial charge is 0.264 e. The normalized spacial score (nSPS) is 12.3. The van der Waals surface area contributed by atoms with Crippen LogP contribution in [-0.2, 0) is 18.4 Å². The van der Waals surface area contributed by atoms with Gasteiger partial charge in [0.1, 0.15) is 24.1 Å². The number of benzene rings is 1. The van der Waals surface area contributed by atoms with Gasteiger partial charge in [-0.1, -0.05) is 19.1 Å². The molecule has 0 aliphatic carbocycles. The molecule has 0 aliphatic rings. The zero-order valence-corrected chi connectivity index (χ0v) is 14.9. The summed E-state index contributed by atoms with van der Waals surface area (Å²) in [4.78, 5) is 31.0. The molecular formula is C18H20FN5O2. The Bertz CT molecular complexity index is 993. The molecule has 0 saturated carbocycles. The van der Waals surface area contributed by atoms with E-state index in [9.17, 15) is 14.0 Å². The number of hydrogen-bond donors (Lipinski definition) is 0. The van der Waals surface area contributed by atoms with Gasteiger partial charge in [-0.25, -0.2) is 9.37 Å². The lowest BCUT2D eigenvalue weighted by Gasteiger charge is -2.28. The van der Waals surface area contributed by atoms with E-state index in [0.29, 0.717) is 17.5 Å². The lowest BCUT2D eigenvalue weighted by molar-refractivity contribution is -0.132. The highest BCUT2D eigenvalue weighted by Gasteiger charge is 2.21. The second-order valence-electron chi connectivity index (χ2n) is 6.16. The van der Waals surface area contributed by atoms with Crippen molar-refractivity contribution >= 4 is 16.9 Å². The molecule has 2 aromatic heterocycles. The van der Waals surface area contributed by atoms with Gasteiger partial charge in [-0.05, 0) is 24.1 Å². The van der Waals surface area contributed by atoms with Crippen molar-refractivity contribution in [2.75, 3.05) is 7.05 Å². The zero-order valence-electron chi connectivity index (χ0n) is 14.9. The second-order valence-corrected chi connectivity index (χ2v) is 6.16. The van der Waals surface area contributed by atoms with Crippen molar-refractivity contribution in [1.29, 1.82) is 0 Å². The molecule has 0 spiro atoms. The van der Waals surface area contributed by atoms with Crippen molar-refractivity contribution in [2.24, 2.45) is 7.05 Å². The summed E-state index contributed by atoms with van der Waals surface area (Å²) in [5.74, 6) is -0.548. The largest absolute Gasteiger partial charge is 0.337 e. The quantitative estimate of drug-likeness (QED) is 0.699. The van der Waals surface area contributed by atoms with Crippen molar-refractivity contribution in [3.63, 3.8) is 0 Å². The van der Waals surface area contributed by atoms with Gasteiger partial charge < -0.3 is 4.90 Å². The van der Waals surface area contributed by atoms with Crippen molar-refractivity contribution < 1.29 is 9.18 Å². The Morgan fingerprint density at radius 2 is 2.00 bits per heavy atom. The molecule has 0 radical (unpaired) electrons. The van der Waals surface area contributed by atoms with Crippen LogP contribution < -0.4 is 5.56 Å². The number of likely N-dealkylation sites (N-methyl/N-ethyl adjacent to an activating group) is 1. The minimum Gasteiger partial charge on any atom is -0.337 e. The molecule has 7 nitrogen and oxygen atoms in total. The van der Waals surface area contributed by atoms with Gasteiger partial charge in [0.25, 0.3) is 5.56 Å². The number of nitrogens with zero attached hydrogens (tertiary/aromatic N) is 5. The van der Waals surface area contributed by atoms with Gasteiger partial charge in [0.05, 0.1) is 12.2 Å². The third kappa shape index (κ3) is 3.22. The van der Waals surface area contributed by atoms with Crippen LogP contribution in [0.5, 0.6) is 0 Å². The molecule has 0 bridgehead atoms. The number of fused-ring (bicyclic) bond motifs is 1. The number of amides is 1. The van der Waals surface area contributed by atoms with Crippen LogP contribution in [0.1, 0.15) is 24.9 Å². The highest BCUT2D eigenvalue weighted by atomic mass is 19.1. The maximum absolute atomic E-state index is 13.1. The third-order valence-electron chi connectivity index (χ3n) is 4.53. The maximum atomic E-state index is 13.1. The lowest BCUT2D eigenvalue weighted by Crippen LogP contribution is -2.36. The fourth-order valence-electron chi connectivity index (χ4n) is 3.03. The Balaban J connectivity index is 1.83. The summed E-state index contributed by atoms with van der Waals surface area (Å²) in [7, 11) is 3.38. The van der Waals surface area contributed by atoms with E-state index >= 15 is 0 Å². The maximum Gasteiger partial charge on any atom is 0.264 e. The molecule has 8 heteroatoms. The minimum absolute atomic E-state index is 0.120. The molecule has 1 amide bonds. The van der Waals surface area contributed by atoms with Crippen LogP contribution in [0.2, 0.25) is 0 Å². The average molecular weight is 357 g/mol. The van der Waals surface area contributed by atoms with E-state index in [2.05, 4.69) is 10.1 Å². The molecule has 0 fully saturated rings.